The van der Waals surface area contributed by atoms with Crippen LogP contribution in [-0.4, -0.2) is 59.2 Å². The van der Waals surface area contributed by atoms with Crippen LogP contribution < -0.4 is 10.6 Å². The molecule has 0 bridgehead atoms. The van der Waals surface area contributed by atoms with Crippen molar-refractivity contribution in [3.05, 3.63) is 45.8 Å². The number of benzene rings is 1. The van der Waals surface area contributed by atoms with Gasteiger partial charge in [-0.2, -0.15) is 0 Å². The van der Waals surface area contributed by atoms with Crippen molar-refractivity contribution in [1.82, 2.24) is 14.9 Å². The van der Waals surface area contributed by atoms with Crippen LogP contribution in [0.1, 0.15) is 11.1 Å². The molecule has 9 nitrogen and oxygen atoms in total. The van der Waals surface area contributed by atoms with Crippen LogP contribution in [0.15, 0.2) is 24.5 Å². The third-order valence-electron chi connectivity index (χ3n) is 4.46. The highest BCUT2D eigenvalue weighted by Crippen LogP contribution is 2.32. The molecule has 0 radical (unpaired) electrons. The average molecular weight is 372 g/mol. The lowest BCUT2D eigenvalue weighted by atomic mass is 10.1. The number of hydrogen-bond donors (Lipinski definition) is 2. The first kappa shape index (κ1) is 19.0. The lowest BCUT2D eigenvalue weighted by Gasteiger charge is -2.26. The van der Waals surface area contributed by atoms with Gasteiger partial charge in [0.05, 0.1) is 18.1 Å². The van der Waals surface area contributed by atoms with E-state index in [2.05, 4.69) is 25.5 Å². The van der Waals surface area contributed by atoms with Gasteiger partial charge in [0.1, 0.15) is 6.33 Å². The Bertz CT molecular complexity index is 808. The average Bonchev–Trinajstić information content (AvgIpc) is 2.65. The number of aryl methyl sites for hydroxylation is 2. The molecular formula is C18H24N6O3. The fraction of sp³-hybridized carbons (Fsp3) is 0.444. The smallest absolute Gasteiger partial charge is 0.353 e. The predicted octanol–water partition coefficient (Wildman–Crippen LogP) is 2.49. The van der Waals surface area contributed by atoms with E-state index in [1.807, 2.05) is 32.0 Å². The molecule has 0 amide bonds. The molecule has 0 saturated carbocycles. The predicted molar refractivity (Wildman–Crippen MR) is 104 cm³/mol. The normalized spacial score (nSPS) is 14.7. The fourth-order valence-electron chi connectivity index (χ4n) is 3.01. The Morgan fingerprint density at radius 2 is 1.96 bits per heavy atom. The Balaban J connectivity index is 1.74. The van der Waals surface area contributed by atoms with Gasteiger partial charge in [-0.25, -0.2) is 9.97 Å². The molecule has 2 aromatic rings. The number of hydrogen-bond acceptors (Lipinski definition) is 8. The molecule has 0 aliphatic carbocycles. The summed E-state index contributed by atoms with van der Waals surface area (Å²) in [7, 11) is 0. The zero-order valence-corrected chi connectivity index (χ0v) is 15.6. The number of anilines is 3. The first-order chi connectivity index (χ1) is 13.0. The standard InChI is InChI=1S/C18H24N6O3/c1-13-3-4-15(14(2)11-13)22-18-16(24(25)26)17(20-12-21-18)19-5-6-23-7-9-27-10-8-23/h3-4,11-12H,5-10H2,1-2H3,(H2,19,20,21,22). The molecule has 1 aliphatic heterocycles. The summed E-state index contributed by atoms with van der Waals surface area (Å²) >= 11 is 0. The first-order valence-electron chi connectivity index (χ1n) is 8.92. The largest absolute Gasteiger partial charge is 0.379 e. The van der Waals surface area contributed by atoms with Gasteiger partial charge in [-0.05, 0) is 25.5 Å². The zero-order valence-electron chi connectivity index (χ0n) is 15.6. The Hall–Kier alpha value is -2.78. The Kier molecular flexibility index (Phi) is 6.15. The summed E-state index contributed by atoms with van der Waals surface area (Å²) in [6.45, 7) is 8.45. The third-order valence-corrected chi connectivity index (χ3v) is 4.46. The van der Waals surface area contributed by atoms with E-state index in [0.717, 1.165) is 49.7 Å². The molecule has 1 fully saturated rings. The Morgan fingerprint density at radius 1 is 1.22 bits per heavy atom. The van der Waals surface area contributed by atoms with Crippen molar-refractivity contribution in [2.45, 2.75) is 13.8 Å². The number of nitrogens with one attached hydrogen (secondary N) is 2. The zero-order chi connectivity index (χ0) is 19.2. The molecule has 0 spiro atoms. The second-order valence-electron chi connectivity index (χ2n) is 6.50. The number of aromatic nitrogens is 2. The molecule has 1 aliphatic rings. The minimum absolute atomic E-state index is 0.153. The highest BCUT2D eigenvalue weighted by molar-refractivity contribution is 5.74. The van der Waals surface area contributed by atoms with Crippen LogP contribution >= 0.6 is 0 Å². The van der Waals surface area contributed by atoms with Gasteiger partial charge in [0, 0.05) is 31.9 Å². The van der Waals surface area contributed by atoms with Gasteiger partial charge in [-0.1, -0.05) is 17.7 Å². The van der Waals surface area contributed by atoms with Gasteiger partial charge in [-0.15, -0.1) is 0 Å². The molecule has 0 unspecified atom stereocenters. The number of rotatable bonds is 7. The molecule has 0 atom stereocenters. The first-order valence-corrected chi connectivity index (χ1v) is 8.92. The molecule has 1 saturated heterocycles. The maximum Gasteiger partial charge on any atom is 0.353 e. The summed E-state index contributed by atoms with van der Waals surface area (Å²) in [6.07, 6.45) is 1.33. The summed E-state index contributed by atoms with van der Waals surface area (Å²) in [5, 5.41) is 17.8. The molecule has 2 N–H and O–H groups in total. The van der Waals surface area contributed by atoms with Gasteiger partial charge >= 0.3 is 5.69 Å². The van der Waals surface area contributed by atoms with E-state index in [1.54, 1.807) is 0 Å². The number of ether oxygens (including phenoxy) is 1. The van der Waals surface area contributed by atoms with E-state index < -0.39 is 4.92 Å². The van der Waals surface area contributed by atoms with Crippen molar-refractivity contribution in [2.24, 2.45) is 0 Å². The highest BCUT2D eigenvalue weighted by atomic mass is 16.6. The number of nitrogens with zero attached hydrogens (tertiary/aromatic N) is 4. The summed E-state index contributed by atoms with van der Waals surface area (Å²) in [4.78, 5) is 21.6. The van der Waals surface area contributed by atoms with Crippen LogP contribution in [0.2, 0.25) is 0 Å². The fourth-order valence-corrected chi connectivity index (χ4v) is 3.01. The maximum absolute atomic E-state index is 11.7. The Labute approximate surface area is 157 Å². The van der Waals surface area contributed by atoms with Crippen LogP contribution in [0, 0.1) is 24.0 Å². The van der Waals surface area contributed by atoms with E-state index in [1.165, 1.54) is 6.33 Å². The van der Waals surface area contributed by atoms with Crippen molar-refractivity contribution < 1.29 is 9.66 Å². The van der Waals surface area contributed by atoms with E-state index in [-0.39, 0.29) is 17.3 Å². The van der Waals surface area contributed by atoms with Crippen LogP contribution in [0.5, 0.6) is 0 Å². The number of morpholine rings is 1. The highest BCUT2D eigenvalue weighted by Gasteiger charge is 2.23. The lowest BCUT2D eigenvalue weighted by Crippen LogP contribution is -2.39. The minimum Gasteiger partial charge on any atom is -0.379 e. The van der Waals surface area contributed by atoms with E-state index in [9.17, 15) is 10.1 Å². The van der Waals surface area contributed by atoms with Crippen LogP contribution in [0.4, 0.5) is 23.0 Å². The summed E-state index contributed by atoms with van der Waals surface area (Å²) in [5.41, 5.74) is 2.74. The lowest BCUT2D eigenvalue weighted by molar-refractivity contribution is -0.383. The molecule has 1 aromatic heterocycles. The molecule has 27 heavy (non-hydrogen) atoms. The van der Waals surface area contributed by atoms with Gasteiger partial charge in [0.15, 0.2) is 0 Å². The summed E-state index contributed by atoms with van der Waals surface area (Å²) in [6, 6.07) is 5.85. The second-order valence-corrected chi connectivity index (χ2v) is 6.50. The topological polar surface area (TPSA) is 105 Å². The van der Waals surface area contributed by atoms with Crippen molar-refractivity contribution in [1.29, 1.82) is 0 Å². The second kappa shape index (κ2) is 8.74. The Morgan fingerprint density at radius 3 is 2.67 bits per heavy atom. The molecular weight excluding hydrogens is 348 g/mol. The molecule has 3 rings (SSSR count). The van der Waals surface area contributed by atoms with Crippen molar-refractivity contribution in [3.63, 3.8) is 0 Å². The van der Waals surface area contributed by atoms with Gasteiger partial charge in [-0.3, -0.25) is 15.0 Å². The van der Waals surface area contributed by atoms with E-state index >= 15 is 0 Å². The van der Waals surface area contributed by atoms with Crippen LogP contribution in [-0.2, 0) is 4.74 Å². The SMILES string of the molecule is Cc1ccc(Nc2ncnc(NCCN3CCOCC3)c2[N+](=O)[O-])c(C)c1. The van der Waals surface area contributed by atoms with Gasteiger partial charge < -0.3 is 15.4 Å². The van der Waals surface area contributed by atoms with Crippen molar-refractivity contribution in [3.8, 4) is 0 Å². The molecule has 1 aromatic carbocycles. The van der Waals surface area contributed by atoms with E-state index in [4.69, 9.17) is 4.74 Å². The third kappa shape index (κ3) is 4.89. The number of nitro groups is 1. The van der Waals surface area contributed by atoms with Crippen molar-refractivity contribution >= 4 is 23.0 Å². The van der Waals surface area contributed by atoms with Crippen molar-refractivity contribution in [2.75, 3.05) is 50.0 Å². The summed E-state index contributed by atoms with van der Waals surface area (Å²) < 4.78 is 5.32. The monoisotopic (exact) mass is 372 g/mol. The van der Waals surface area contributed by atoms with Gasteiger partial charge in [0.2, 0.25) is 11.6 Å². The molecule has 144 valence electrons. The maximum atomic E-state index is 11.7. The van der Waals surface area contributed by atoms with E-state index in [0.29, 0.717) is 6.54 Å². The minimum atomic E-state index is -0.455. The van der Waals surface area contributed by atoms with Crippen LogP contribution in [0.25, 0.3) is 0 Å². The quantitative estimate of drug-likeness (QED) is 0.564. The van der Waals surface area contributed by atoms with Crippen LogP contribution in [0.3, 0.4) is 0 Å². The summed E-state index contributed by atoms with van der Waals surface area (Å²) in [5.74, 6) is 0.395. The molecule has 2 heterocycles. The van der Waals surface area contributed by atoms with Gasteiger partial charge in [0.25, 0.3) is 0 Å². The molecule has 9 heteroatoms.